The first-order valence-corrected chi connectivity index (χ1v) is 13.3. The number of ether oxygens (including phenoxy) is 2. The van der Waals surface area contributed by atoms with Crippen LogP contribution in [0.15, 0.2) is 23.0 Å². The van der Waals surface area contributed by atoms with Gasteiger partial charge in [-0.2, -0.15) is 0 Å². The van der Waals surface area contributed by atoms with Gasteiger partial charge in [0, 0.05) is 11.9 Å². The summed E-state index contributed by atoms with van der Waals surface area (Å²) in [7, 11) is 1.58. The van der Waals surface area contributed by atoms with E-state index in [1.165, 1.54) is 12.8 Å². The molecule has 8 nitrogen and oxygen atoms in total. The topological polar surface area (TPSA) is 107 Å². The van der Waals surface area contributed by atoms with Crippen molar-refractivity contribution in [1.29, 1.82) is 0 Å². The van der Waals surface area contributed by atoms with E-state index in [-0.39, 0.29) is 11.0 Å². The molecule has 1 spiro atoms. The molecule has 2 fully saturated rings. The summed E-state index contributed by atoms with van der Waals surface area (Å²) in [6.07, 6.45) is 10.4. The highest BCUT2D eigenvalue weighted by atomic mass is 16.5. The van der Waals surface area contributed by atoms with E-state index in [2.05, 4.69) is 5.32 Å². The fourth-order valence-corrected chi connectivity index (χ4v) is 6.58. The van der Waals surface area contributed by atoms with Crippen LogP contribution in [0.3, 0.4) is 0 Å². The second kappa shape index (κ2) is 9.79. The molecular formula is C28H36N2O6. The molecule has 1 aromatic carbocycles. The van der Waals surface area contributed by atoms with Gasteiger partial charge in [-0.1, -0.05) is 38.5 Å². The quantitative estimate of drug-likeness (QED) is 0.597. The maximum absolute atomic E-state index is 13.9. The minimum absolute atomic E-state index is 0.0248. The predicted molar refractivity (Wildman–Crippen MR) is 136 cm³/mol. The summed E-state index contributed by atoms with van der Waals surface area (Å²) in [5.74, 6) is -0.574. The summed E-state index contributed by atoms with van der Waals surface area (Å²) in [5, 5.41) is 13.5. The van der Waals surface area contributed by atoms with Crippen molar-refractivity contribution in [3.63, 3.8) is 0 Å². The van der Waals surface area contributed by atoms with E-state index < -0.39 is 23.0 Å². The number of carboxylic acids is 1. The lowest BCUT2D eigenvalue weighted by Crippen LogP contribution is -2.55. The molecule has 194 valence electrons. The van der Waals surface area contributed by atoms with Crippen molar-refractivity contribution in [2.24, 2.45) is 5.41 Å². The van der Waals surface area contributed by atoms with Gasteiger partial charge in [0.25, 0.3) is 11.5 Å². The SMILES string of the molecule is COc1ccc2cc(C(=O)NC3(C(=O)O)CCCCCC3)c(=O)n3c2c1OCCC1(CCCC1)CC3. The van der Waals surface area contributed by atoms with Gasteiger partial charge in [-0.25, -0.2) is 4.79 Å². The molecule has 0 atom stereocenters. The molecule has 1 amide bonds. The number of nitrogens with zero attached hydrogens (tertiary/aromatic N) is 1. The van der Waals surface area contributed by atoms with Gasteiger partial charge in [-0.15, -0.1) is 0 Å². The predicted octanol–water partition coefficient (Wildman–Crippen LogP) is 4.65. The number of methoxy groups -OCH3 is 1. The molecule has 2 heterocycles. The maximum Gasteiger partial charge on any atom is 0.329 e. The molecule has 0 unspecified atom stereocenters. The average molecular weight is 497 g/mol. The summed E-state index contributed by atoms with van der Waals surface area (Å²) < 4.78 is 13.5. The molecule has 2 N–H and O–H groups in total. The molecule has 0 radical (unpaired) electrons. The van der Waals surface area contributed by atoms with Gasteiger partial charge in [0.1, 0.15) is 11.1 Å². The number of rotatable bonds is 4. The molecule has 0 bridgehead atoms. The van der Waals surface area contributed by atoms with Crippen molar-refractivity contribution < 1.29 is 24.2 Å². The van der Waals surface area contributed by atoms with Crippen LogP contribution in [-0.2, 0) is 11.3 Å². The largest absolute Gasteiger partial charge is 0.493 e. The number of aliphatic carboxylic acids is 1. The van der Waals surface area contributed by atoms with Crippen molar-refractivity contribution in [3.8, 4) is 11.5 Å². The van der Waals surface area contributed by atoms with Crippen LogP contribution in [0, 0.1) is 5.41 Å². The van der Waals surface area contributed by atoms with Crippen LogP contribution in [0.5, 0.6) is 11.5 Å². The van der Waals surface area contributed by atoms with Crippen LogP contribution in [0.4, 0.5) is 0 Å². The van der Waals surface area contributed by atoms with Gasteiger partial charge in [0.05, 0.1) is 19.2 Å². The molecule has 2 aliphatic carbocycles. The number of pyridine rings is 1. The third-order valence-electron chi connectivity index (χ3n) is 8.76. The number of carboxylic acid groups (broad SMARTS) is 1. The number of benzene rings is 1. The zero-order valence-corrected chi connectivity index (χ0v) is 21.1. The first-order valence-electron chi connectivity index (χ1n) is 13.3. The highest BCUT2D eigenvalue weighted by molar-refractivity contribution is 6.01. The molecular weight excluding hydrogens is 460 g/mol. The lowest BCUT2D eigenvalue weighted by atomic mass is 9.80. The minimum Gasteiger partial charge on any atom is -0.493 e. The molecule has 1 aliphatic heterocycles. The van der Waals surface area contributed by atoms with Crippen LogP contribution >= 0.6 is 0 Å². The average Bonchev–Trinajstić information content (AvgIpc) is 3.23. The molecule has 8 heteroatoms. The molecule has 36 heavy (non-hydrogen) atoms. The van der Waals surface area contributed by atoms with E-state index in [0.717, 1.165) is 51.4 Å². The van der Waals surface area contributed by atoms with Gasteiger partial charge >= 0.3 is 5.97 Å². The molecule has 2 saturated carbocycles. The number of carbonyl (C=O) groups excluding carboxylic acids is 1. The van der Waals surface area contributed by atoms with Crippen molar-refractivity contribution >= 4 is 22.8 Å². The third-order valence-corrected chi connectivity index (χ3v) is 8.76. The van der Waals surface area contributed by atoms with Crippen LogP contribution in [0.2, 0.25) is 0 Å². The zero-order valence-electron chi connectivity index (χ0n) is 21.1. The van der Waals surface area contributed by atoms with Gasteiger partial charge < -0.3 is 24.5 Å². The smallest absolute Gasteiger partial charge is 0.329 e. The van der Waals surface area contributed by atoms with Crippen molar-refractivity contribution in [2.75, 3.05) is 13.7 Å². The number of aromatic nitrogens is 1. The standard InChI is InChI=1S/C28H36N2O6/c1-35-21-9-8-19-18-20(24(31)29-28(26(33)34)12-4-2-3-5-13-28)25(32)30-16-14-27(10-6-7-11-27)15-17-36-23(21)22(19)30/h8-9,18H,2-7,10-17H2,1H3,(H,29,31)(H,33,34). The second-order valence-corrected chi connectivity index (χ2v) is 10.9. The zero-order chi connectivity index (χ0) is 25.3. The number of amides is 1. The second-order valence-electron chi connectivity index (χ2n) is 10.9. The van der Waals surface area contributed by atoms with E-state index >= 15 is 0 Å². The summed E-state index contributed by atoms with van der Waals surface area (Å²) in [6.45, 7) is 1.02. The number of nitrogens with one attached hydrogen (secondary N) is 1. The Balaban J connectivity index is 1.60. The molecule has 5 rings (SSSR count). The number of carbonyl (C=O) groups is 2. The summed E-state index contributed by atoms with van der Waals surface area (Å²) in [5.41, 5.74) is -1.02. The van der Waals surface area contributed by atoms with Gasteiger partial charge in [0.2, 0.25) is 0 Å². The Hall–Kier alpha value is -3.03. The summed E-state index contributed by atoms with van der Waals surface area (Å²) >= 11 is 0. The van der Waals surface area contributed by atoms with Crippen molar-refractivity contribution in [2.45, 2.75) is 89.1 Å². The normalized spacial score (nSPS) is 21.0. The van der Waals surface area contributed by atoms with Crippen molar-refractivity contribution in [1.82, 2.24) is 9.88 Å². The van der Waals surface area contributed by atoms with Gasteiger partial charge in [-0.3, -0.25) is 9.59 Å². The highest BCUT2D eigenvalue weighted by Crippen LogP contribution is 2.46. The number of aryl methyl sites for hydroxylation is 1. The lowest BCUT2D eigenvalue weighted by molar-refractivity contribution is -0.145. The Labute approximate surface area is 211 Å². The minimum atomic E-state index is -1.34. The Morgan fingerprint density at radius 1 is 1.00 bits per heavy atom. The van der Waals surface area contributed by atoms with E-state index in [9.17, 15) is 19.5 Å². The van der Waals surface area contributed by atoms with E-state index in [0.29, 0.717) is 48.4 Å². The molecule has 0 saturated heterocycles. The Bertz CT molecular complexity index is 1220. The highest BCUT2D eigenvalue weighted by Gasteiger charge is 2.41. The number of hydrogen-bond acceptors (Lipinski definition) is 5. The fraction of sp³-hybridized carbons (Fsp3) is 0.607. The van der Waals surface area contributed by atoms with Crippen LogP contribution in [0.25, 0.3) is 10.9 Å². The van der Waals surface area contributed by atoms with E-state index in [1.807, 2.05) is 6.07 Å². The van der Waals surface area contributed by atoms with Gasteiger partial charge in [-0.05, 0) is 62.1 Å². The Kier molecular flexibility index (Phi) is 6.70. The number of hydrogen-bond donors (Lipinski definition) is 2. The first-order chi connectivity index (χ1) is 17.4. The van der Waals surface area contributed by atoms with E-state index in [1.54, 1.807) is 23.8 Å². The molecule has 1 aromatic heterocycles. The Morgan fingerprint density at radius 2 is 1.69 bits per heavy atom. The third kappa shape index (κ3) is 4.35. The van der Waals surface area contributed by atoms with Crippen molar-refractivity contribution in [3.05, 3.63) is 34.1 Å². The lowest BCUT2D eigenvalue weighted by Gasteiger charge is -2.29. The molecule has 3 aliphatic rings. The monoisotopic (exact) mass is 496 g/mol. The molecule has 2 aromatic rings. The fourth-order valence-electron chi connectivity index (χ4n) is 6.58. The van der Waals surface area contributed by atoms with Crippen LogP contribution in [0.1, 0.15) is 87.4 Å². The Morgan fingerprint density at radius 3 is 2.36 bits per heavy atom. The summed E-state index contributed by atoms with van der Waals surface area (Å²) in [6, 6.07) is 5.20. The maximum atomic E-state index is 13.9. The van der Waals surface area contributed by atoms with Crippen LogP contribution in [-0.4, -0.2) is 40.8 Å². The van der Waals surface area contributed by atoms with Crippen LogP contribution < -0.4 is 20.3 Å². The van der Waals surface area contributed by atoms with Gasteiger partial charge in [0.15, 0.2) is 11.5 Å². The first kappa shape index (κ1) is 24.7. The summed E-state index contributed by atoms with van der Waals surface area (Å²) in [4.78, 5) is 39.7. The van der Waals surface area contributed by atoms with E-state index in [4.69, 9.17) is 9.47 Å².